The average molecular weight is 295 g/mol. The van der Waals surface area contributed by atoms with E-state index in [1.54, 1.807) is 0 Å². The molecule has 0 bridgehead atoms. The van der Waals surface area contributed by atoms with Crippen molar-refractivity contribution in [2.45, 2.75) is 45.4 Å². The van der Waals surface area contributed by atoms with Crippen LogP contribution in [0.1, 0.15) is 45.4 Å². The first-order chi connectivity index (χ1) is 10.2. The molecule has 0 radical (unpaired) electrons. The van der Waals surface area contributed by atoms with E-state index in [4.69, 9.17) is 0 Å². The Labute approximate surface area is 127 Å². The van der Waals surface area contributed by atoms with Gasteiger partial charge in [0.15, 0.2) is 0 Å². The molecule has 5 heteroatoms. The van der Waals surface area contributed by atoms with Gasteiger partial charge in [0.25, 0.3) is 0 Å². The summed E-state index contributed by atoms with van der Waals surface area (Å²) in [6.07, 6.45) is 5.60. The van der Waals surface area contributed by atoms with Crippen molar-refractivity contribution in [3.63, 3.8) is 0 Å². The Balaban J connectivity index is 1.53. The lowest BCUT2D eigenvalue weighted by Gasteiger charge is -2.32. The summed E-state index contributed by atoms with van der Waals surface area (Å²) in [4.78, 5) is 25.6. The van der Waals surface area contributed by atoms with E-state index in [9.17, 15) is 9.59 Å². The second-order valence-corrected chi connectivity index (χ2v) is 6.30. The molecule has 21 heavy (non-hydrogen) atoms. The van der Waals surface area contributed by atoms with Crippen LogP contribution in [0.2, 0.25) is 0 Å². The van der Waals surface area contributed by atoms with Gasteiger partial charge in [-0.25, -0.2) is 0 Å². The standard InChI is InChI=1S/C16H29N3O2/c1-2-17-12-13-7-10-19(11-8-13)15(20)4-3-9-18-16(21)14-5-6-14/h13-14,17H,2-12H2,1H3,(H,18,21). The second kappa shape index (κ2) is 8.37. The molecule has 2 aliphatic rings. The molecule has 0 spiro atoms. The Morgan fingerprint density at radius 2 is 1.86 bits per heavy atom. The normalized spacial score (nSPS) is 19.6. The molecule has 1 aliphatic carbocycles. The maximum atomic E-state index is 12.1. The molecule has 0 aromatic rings. The van der Waals surface area contributed by atoms with Crippen LogP contribution >= 0.6 is 0 Å². The number of likely N-dealkylation sites (tertiary alicyclic amines) is 1. The summed E-state index contributed by atoms with van der Waals surface area (Å²) in [6, 6.07) is 0. The average Bonchev–Trinajstić information content (AvgIpc) is 3.34. The fraction of sp³-hybridized carbons (Fsp3) is 0.875. The van der Waals surface area contributed by atoms with Crippen LogP contribution in [0.4, 0.5) is 0 Å². The fourth-order valence-corrected chi connectivity index (χ4v) is 2.83. The summed E-state index contributed by atoms with van der Waals surface area (Å²) in [5.74, 6) is 1.40. The van der Waals surface area contributed by atoms with Gasteiger partial charge in [-0.1, -0.05) is 6.92 Å². The topological polar surface area (TPSA) is 61.4 Å². The minimum Gasteiger partial charge on any atom is -0.356 e. The van der Waals surface area contributed by atoms with E-state index in [0.29, 0.717) is 18.9 Å². The molecule has 120 valence electrons. The maximum absolute atomic E-state index is 12.1. The van der Waals surface area contributed by atoms with E-state index < -0.39 is 0 Å². The van der Waals surface area contributed by atoms with Crippen molar-refractivity contribution in [3.05, 3.63) is 0 Å². The third-order valence-corrected chi connectivity index (χ3v) is 4.47. The van der Waals surface area contributed by atoms with E-state index in [-0.39, 0.29) is 17.7 Å². The minimum atomic E-state index is 0.173. The Hall–Kier alpha value is -1.10. The van der Waals surface area contributed by atoms with Crippen molar-refractivity contribution in [2.24, 2.45) is 11.8 Å². The smallest absolute Gasteiger partial charge is 0.223 e. The van der Waals surface area contributed by atoms with Crippen molar-refractivity contribution in [3.8, 4) is 0 Å². The predicted molar refractivity (Wildman–Crippen MR) is 82.8 cm³/mol. The molecule has 2 fully saturated rings. The zero-order chi connectivity index (χ0) is 15.1. The number of nitrogens with one attached hydrogen (secondary N) is 2. The van der Waals surface area contributed by atoms with Crippen molar-refractivity contribution in [2.75, 3.05) is 32.7 Å². The maximum Gasteiger partial charge on any atom is 0.223 e. The van der Waals surface area contributed by atoms with Crippen LogP contribution in [0, 0.1) is 11.8 Å². The molecular weight excluding hydrogens is 266 g/mol. The van der Waals surface area contributed by atoms with E-state index in [0.717, 1.165) is 58.3 Å². The molecule has 2 rings (SSSR count). The zero-order valence-electron chi connectivity index (χ0n) is 13.2. The first-order valence-electron chi connectivity index (χ1n) is 8.47. The Morgan fingerprint density at radius 1 is 1.14 bits per heavy atom. The van der Waals surface area contributed by atoms with Gasteiger partial charge in [-0.05, 0) is 51.1 Å². The molecule has 0 aromatic carbocycles. The van der Waals surface area contributed by atoms with E-state index >= 15 is 0 Å². The highest BCUT2D eigenvalue weighted by molar-refractivity contribution is 5.81. The number of nitrogens with zero attached hydrogens (tertiary/aromatic N) is 1. The van der Waals surface area contributed by atoms with Crippen LogP contribution in [0.3, 0.4) is 0 Å². The number of carbonyl (C=O) groups excluding carboxylic acids is 2. The number of piperidine rings is 1. The fourth-order valence-electron chi connectivity index (χ4n) is 2.83. The van der Waals surface area contributed by atoms with Crippen LogP contribution in [0.5, 0.6) is 0 Å². The monoisotopic (exact) mass is 295 g/mol. The Bertz CT molecular complexity index is 347. The van der Waals surface area contributed by atoms with Crippen LogP contribution in [0.25, 0.3) is 0 Å². The van der Waals surface area contributed by atoms with Gasteiger partial charge in [-0.3, -0.25) is 9.59 Å². The Morgan fingerprint density at radius 3 is 2.48 bits per heavy atom. The highest BCUT2D eigenvalue weighted by Gasteiger charge is 2.29. The van der Waals surface area contributed by atoms with Gasteiger partial charge < -0.3 is 15.5 Å². The number of amides is 2. The number of rotatable bonds is 8. The zero-order valence-corrected chi connectivity index (χ0v) is 13.2. The van der Waals surface area contributed by atoms with Crippen LogP contribution in [-0.4, -0.2) is 49.4 Å². The third-order valence-electron chi connectivity index (χ3n) is 4.47. The quantitative estimate of drug-likeness (QED) is 0.660. The molecule has 0 atom stereocenters. The summed E-state index contributed by atoms with van der Waals surface area (Å²) >= 11 is 0. The molecule has 2 N–H and O–H groups in total. The molecule has 1 saturated carbocycles. The van der Waals surface area contributed by atoms with Gasteiger partial charge in [-0.2, -0.15) is 0 Å². The molecular formula is C16H29N3O2. The lowest BCUT2D eigenvalue weighted by atomic mass is 9.96. The van der Waals surface area contributed by atoms with Gasteiger partial charge in [0, 0.05) is 32.0 Å². The van der Waals surface area contributed by atoms with Gasteiger partial charge in [-0.15, -0.1) is 0 Å². The molecule has 0 unspecified atom stereocenters. The van der Waals surface area contributed by atoms with Crippen molar-refractivity contribution < 1.29 is 9.59 Å². The SMILES string of the molecule is CCNCC1CCN(C(=O)CCCNC(=O)C2CC2)CC1. The summed E-state index contributed by atoms with van der Waals surface area (Å²) in [6.45, 7) is 6.64. The van der Waals surface area contributed by atoms with Gasteiger partial charge in [0.05, 0.1) is 0 Å². The Kier molecular flexibility index (Phi) is 6.49. The molecule has 5 nitrogen and oxygen atoms in total. The number of hydrogen-bond donors (Lipinski definition) is 2. The summed E-state index contributed by atoms with van der Waals surface area (Å²) in [5.41, 5.74) is 0. The molecule has 1 saturated heterocycles. The van der Waals surface area contributed by atoms with Gasteiger partial charge >= 0.3 is 0 Å². The van der Waals surface area contributed by atoms with Gasteiger partial charge in [0.1, 0.15) is 0 Å². The van der Waals surface area contributed by atoms with E-state index in [1.807, 2.05) is 4.90 Å². The van der Waals surface area contributed by atoms with E-state index in [1.165, 1.54) is 0 Å². The minimum absolute atomic E-state index is 0.173. The van der Waals surface area contributed by atoms with Crippen molar-refractivity contribution in [1.29, 1.82) is 0 Å². The lowest BCUT2D eigenvalue weighted by molar-refractivity contribution is -0.133. The highest BCUT2D eigenvalue weighted by atomic mass is 16.2. The second-order valence-electron chi connectivity index (χ2n) is 6.30. The highest BCUT2D eigenvalue weighted by Crippen LogP contribution is 2.28. The summed E-state index contributed by atoms with van der Waals surface area (Å²) in [7, 11) is 0. The number of carbonyl (C=O) groups is 2. The largest absolute Gasteiger partial charge is 0.356 e. The summed E-state index contributed by atoms with van der Waals surface area (Å²) in [5, 5.41) is 6.30. The number of hydrogen-bond acceptors (Lipinski definition) is 3. The molecule has 1 aliphatic heterocycles. The van der Waals surface area contributed by atoms with Crippen LogP contribution in [-0.2, 0) is 9.59 Å². The first kappa shape index (κ1) is 16.3. The van der Waals surface area contributed by atoms with E-state index in [2.05, 4.69) is 17.6 Å². The van der Waals surface area contributed by atoms with Crippen molar-refractivity contribution >= 4 is 11.8 Å². The molecule has 2 amide bonds. The van der Waals surface area contributed by atoms with Crippen molar-refractivity contribution in [1.82, 2.24) is 15.5 Å². The van der Waals surface area contributed by atoms with Crippen LogP contribution < -0.4 is 10.6 Å². The third kappa shape index (κ3) is 5.65. The van der Waals surface area contributed by atoms with Crippen LogP contribution in [0.15, 0.2) is 0 Å². The predicted octanol–water partition coefficient (Wildman–Crippen LogP) is 1.14. The van der Waals surface area contributed by atoms with Gasteiger partial charge in [0.2, 0.25) is 11.8 Å². The first-order valence-corrected chi connectivity index (χ1v) is 8.47. The molecule has 1 heterocycles. The summed E-state index contributed by atoms with van der Waals surface area (Å²) < 4.78 is 0. The lowest BCUT2D eigenvalue weighted by Crippen LogP contribution is -2.41. The molecule has 0 aromatic heterocycles.